The molecule has 1 heterocycles. The Labute approximate surface area is 109 Å². The number of hydrogen-bond donors (Lipinski definition) is 1. The zero-order chi connectivity index (χ0) is 12.4. The summed E-state index contributed by atoms with van der Waals surface area (Å²) in [7, 11) is 0. The van der Waals surface area contributed by atoms with E-state index in [1.165, 1.54) is 0 Å². The fourth-order valence-electron chi connectivity index (χ4n) is 1.26. The van der Waals surface area contributed by atoms with Gasteiger partial charge in [0, 0.05) is 18.3 Å². The smallest absolute Gasteiger partial charge is 0.219 e. The molecule has 0 saturated carbocycles. The van der Waals surface area contributed by atoms with E-state index in [4.69, 9.17) is 33.7 Å². The first-order chi connectivity index (χ1) is 8.06. The molecule has 0 aliphatic rings. The van der Waals surface area contributed by atoms with Crippen molar-refractivity contribution < 1.29 is 4.74 Å². The van der Waals surface area contributed by atoms with Crippen LogP contribution in [0.3, 0.4) is 0 Å². The maximum absolute atomic E-state index is 5.89. The Hall–Kier alpha value is -1.45. The molecule has 0 unspecified atom stereocenters. The van der Waals surface area contributed by atoms with E-state index in [2.05, 4.69) is 4.98 Å². The lowest BCUT2D eigenvalue weighted by Crippen LogP contribution is -1.94. The fourth-order valence-corrected chi connectivity index (χ4v) is 1.59. The molecule has 17 heavy (non-hydrogen) atoms. The summed E-state index contributed by atoms with van der Waals surface area (Å²) >= 11 is 11.7. The van der Waals surface area contributed by atoms with E-state index < -0.39 is 0 Å². The molecule has 3 nitrogen and oxygen atoms in total. The number of anilines is 1. The third kappa shape index (κ3) is 2.81. The van der Waals surface area contributed by atoms with Gasteiger partial charge in [0.25, 0.3) is 0 Å². The highest BCUT2D eigenvalue weighted by molar-refractivity contribution is 6.42. The van der Waals surface area contributed by atoms with Crippen LogP contribution >= 0.6 is 23.2 Å². The molecule has 2 aromatic rings. The van der Waals surface area contributed by atoms with E-state index in [1.54, 1.807) is 24.4 Å². The number of halogens is 2. The summed E-state index contributed by atoms with van der Waals surface area (Å²) in [6.07, 6.45) is 1.71. The molecular formula is C12H10Cl2N2O. The highest BCUT2D eigenvalue weighted by Crippen LogP contribution is 2.34. The largest absolute Gasteiger partial charge is 0.437 e. The standard InChI is InChI=1S/C12H10Cl2N2O/c1-7-2-3-12(16-6-7)17-11-5-9(14)8(13)4-10(11)15/h2-6H,15H2,1H3. The van der Waals surface area contributed by atoms with E-state index in [9.17, 15) is 0 Å². The van der Waals surface area contributed by atoms with Crippen LogP contribution in [0.2, 0.25) is 10.0 Å². The summed E-state index contributed by atoms with van der Waals surface area (Å²) in [4.78, 5) is 4.11. The Morgan fingerprint density at radius 1 is 1.18 bits per heavy atom. The van der Waals surface area contributed by atoms with E-state index in [-0.39, 0.29) is 0 Å². The molecule has 0 bridgehead atoms. The third-order valence-corrected chi connectivity index (χ3v) is 2.87. The molecule has 0 spiro atoms. The van der Waals surface area contributed by atoms with E-state index in [1.807, 2.05) is 13.0 Å². The van der Waals surface area contributed by atoms with Crippen LogP contribution in [0.1, 0.15) is 5.56 Å². The van der Waals surface area contributed by atoms with Crippen molar-refractivity contribution in [3.63, 3.8) is 0 Å². The number of aromatic nitrogens is 1. The molecule has 0 amide bonds. The van der Waals surface area contributed by atoms with Gasteiger partial charge in [-0.2, -0.15) is 0 Å². The Morgan fingerprint density at radius 3 is 2.53 bits per heavy atom. The SMILES string of the molecule is Cc1ccc(Oc2cc(Cl)c(Cl)cc2N)nc1. The Bertz CT molecular complexity index is 541. The zero-order valence-corrected chi connectivity index (χ0v) is 10.6. The molecule has 2 rings (SSSR count). The molecular weight excluding hydrogens is 259 g/mol. The van der Waals surface area contributed by atoms with Crippen LogP contribution < -0.4 is 10.5 Å². The monoisotopic (exact) mass is 268 g/mol. The lowest BCUT2D eigenvalue weighted by molar-refractivity contribution is 0.465. The molecule has 0 aliphatic carbocycles. The van der Waals surface area contributed by atoms with Gasteiger partial charge >= 0.3 is 0 Å². The van der Waals surface area contributed by atoms with Gasteiger partial charge in [0.05, 0.1) is 15.7 Å². The van der Waals surface area contributed by atoms with Crippen molar-refractivity contribution in [2.45, 2.75) is 6.92 Å². The molecule has 0 saturated heterocycles. The second-order valence-corrected chi connectivity index (χ2v) is 4.39. The second kappa shape index (κ2) is 4.82. The first-order valence-corrected chi connectivity index (χ1v) is 5.67. The summed E-state index contributed by atoms with van der Waals surface area (Å²) in [6.45, 7) is 1.95. The van der Waals surface area contributed by atoms with Gasteiger partial charge in [-0.15, -0.1) is 0 Å². The summed E-state index contributed by atoms with van der Waals surface area (Å²) in [5.74, 6) is 0.899. The number of rotatable bonds is 2. The zero-order valence-electron chi connectivity index (χ0n) is 9.08. The molecule has 0 atom stereocenters. The predicted molar refractivity (Wildman–Crippen MR) is 69.9 cm³/mol. The van der Waals surface area contributed by atoms with Crippen molar-refractivity contribution in [3.05, 3.63) is 46.1 Å². The van der Waals surface area contributed by atoms with Crippen LogP contribution in [0.4, 0.5) is 5.69 Å². The number of pyridine rings is 1. The van der Waals surface area contributed by atoms with Gasteiger partial charge < -0.3 is 10.5 Å². The number of nitrogen functional groups attached to an aromatic ring is 1. The van der Waals surface area contributed by atoms with E-state index >= 15 is 0 Å². The molecule has 1 aromatic heterocycles. The Kier molecular flexibility index (Phi) is 3.41. The lowest BCUT2D eigenvalue weighted by Gasteiger charge is -2.08. The minimum absolute atomic E-state index is 0.392. The highest BCUT2D eigenvalue weighted by atomic mass is 35.5. The summed E-state index contributed by atoms with van der Waals surface area (Å²) in [5, 5.41) is 0.788. The first kappa shape index (κ1) is 12.0. The minimum Gasteiger partial charge on any atom is -0.437 e. The van der Waals surface area contributed by atoms with E-state index in [0.29, 0.717) is 27.4 Å². The first-order valence-electron chi connectivity index (χ1n) is 4.91. The average Bonchev–Trinajstić information content (AvgIpc) is 2.29. The van der Waals surface area contributed by atoms with Crippen molar-refractivity contribution in [3.8, 4) is 11.6 Å². The van der Waals surface area contributed by atoms with Crippen molar-refractivity contribution in [1.29, 1.82) is 0 Å². The maximum Gasteiger partial charge on any atom is 0.219 e. The molecule has 0 aliphatic heterocycles. The van der Waals surface area contributed by atoms with Gasteiger partial charge in [-0.3, -0.25) is 0 Å². The van der Waals surface area contributed by atoms with Crippen molar-refractivity contribution in [1.82, 2.24) is 4.98 Å². The number of hydrogen-bond acceptors (Lipinski definition) is 3. The van der Waals surface area contributed by atoms with Crippen LogP contribution in [0, 0.1) is 6.92 Å². The number of ether oxygens (including phenoxy) is 1. The van der Waals surface area contributed by atoms with Crippen LogP contribution in [0.5, 0.6) is 11.6 Å². The predicted octanol–water partition coefficient (Wildman–Crippen LogP) is 4.07. The fraction of sp³-hybridized carbons (Fsp3) is 0.0833. The number of aryl methyl sites for hydroxylation is 1. The second-order valence-electron chi connectivity index (χ2n) is 3.58. The molecule has 1 aromatic carbocycles. The Morgan fingerprint density at radius 2 is 1.88 bits per heavy atom. The number of nitrogens with zero attached hydrogens (tertiary/aromatic N) is 1. The van der Waals surface area contributed by atoms with Gasteiger partial charge in [-0.1, -0.05) is 29.3 Å². The van der Waals surface area contributed by atoms with Crippen molar-refractivity contribution in [2.75, 3.05) is 5.73 Å². The topological polar surface area (TPSA) is 48.1 Å². The van der Waals surface area contributed by atoms with Gasteiger partial charge in [-0.25, -0.2) is 4.98 Å². The minimum atomic E-state index is 0.392. The molecule has 2 N–H and O–H groups in total. The quantitative estimate of drug-likeness (QED) is 0.836. The maximum atomic E-state index is 5.89. The molecule has 0 fully saturated rings. The van der Waals surface area contributed by atoms with Gasteiger partial charge in [0.2, 0.25) is 5.88 Å². The molecule has 5 heteroatoms. The van der Waals surface area contributed by atoms with Gasteiger partial charge in [-0.05, 0) is 18.6 Å². The van der Waals surface area contributed by atoms with Gasteiger partial charge in [0.1, 0.15) is 0 Å². The molecule has 0 radical (unpaired) electrons. The van der Waals surface area contributed by atoms with E-state index in [0.717, 1.165) is 5.56 Å². The van der Waals surface area contributed by atoms with Crippen LogP contribution in [0.15, 0.2) is 30.5 Å². The normalized spacial score (nSPS) is 10.3. The summed E-state index contributed by atoms with van der Waals surface area (Å²) < 4.78 is 5.52. The Balaban J connectivity index is 2.30. The lowest BCUT2D eigenvalue weighted by atomic mass is 10.3. The van der Waals surface area contributed by atoms with Crippen LogP contribution in [-0.2, 0) is 0 Å². The highest BCUT2D eigenvalue weighted by Gasteiger charge is 2.07. The van der Waals surface area contributed by atoms with Crippen molar-refractivity contribution >= 4 is 28.9 Å². The summed E-state index contributed by atoms with van der Waals surface area (Å²) in [6, 6.07) is 6.78. The summed E-state index contributed by atoms with van der Waals surface area (Å²) in [5.41, 5.74) is 7.25. The van der Waals surface area contributed by atoms with Crippen LogP contribution in [0.25, 0.3) is 0 Å². The molecule has 88 valence electrons. The third-order valence-electron chi connectivity index (χ3n) is 2.15. The number of benzene rings is 1. The number of nitrogens with two attached hydrogens (primary N) is 1. The van der Waals surface area contributed by atoms with Crippen molar-refractivity contribution in [2.24, 2.45) is 0 Å². The van der Waals surface area contributed by atoms with Crippen LogP contribution in [-0.4, -0.2) is 4.98 Å². The van der Waals surface area contributed by atoms with Gasteiger partial charge in [0.15, 0.2) is 5.75 Å². The average molecular weight is 269 g/mol.